The van der Waals surface area contributed by atoms with E-state index in [1.165, 1.54) is 13.8 Å². The molecule has 0 amide bonds. The van der Waals surface area contributed by atoms with Gasteiger partial charge in [-0.05, 0) is 19.9 Å². The molecule has 1 aromatic heterocycles. The molecule has 1 rings (SSSR count). The van der Waals surface area contributed by atoms with Gasteiger partial charge in [0.2, 0.25) is 0 Å². The number of nitrogen functional groups attached to an aromatic ring is 1. The zero-order valence-corrected chi connectivity index (χ0v) is 8.32. The first-order chi connectivity index (χ1) is 6.41. The Bertz CT molecular complexity index is 342. The van der Waals surface area contributed by atoms with E-state index in [-0.39, 0.29) is 12.2 Å². The van der Waals surface area contributed by atoms with Crippen molar-refractivity contribution >= 4 is 11.6 Å². The molecule has 76 valence electrons. The fourth-order valence-corrected chi connectivity index (χ4v) is 0.990. The molecular weight excluding hydrogens is 180 g/mol. The Kier molecular flexibility index (Phi) is 2.86. The maximum absolute atomic E-state index is 11.5. The van der Waals surface area contributed by atoms with Crippen molar-refractivity contribution < 1.29 is 9.90 Å². The number of aromatic nitrogens is 1. The van der Waals surface area contributed by atoms with Gasteiger partial charge in [-0.2, -0.15) is 0 Å². The molecule has 3 N–H and O–H groups in total. The molecule has 0 aromatic carbocycles. The van der Waals surface area contributed by atoms with Crippen LogP contribution in [0.4, 0.5) is 5.82 Å². The van der Waals surface area contributed by atoms with Crippen molar-refractivity contribution in [1.82, 2.24) is 4.98 Å². The molecule has 1 aromatic rings. The van der Waals surface area contributed by atoms with Gasteiger partial charge in [0.15, 0.2) is 5.78 Å². The zero-order chi connectivity index (χ0) is 10.8. The molecule has 0 atom stereocenters. The largest absolute Gasteiger partial charge is 0.383 e. The molecule has 4 nitrogen and oxygen atoms in total. The van der Waals surface area contributed by atoms with E-state index in [1.807, 2.05) is 0 Å². The van der Waals surface area contributed by atoms with Crippen LogP contribution >= 0.6 is 0 Å². The third kappa shape index (κ3) is 2.53. The lowest BCUT2D eigenvalue weighted by atomic mass is 9.97. The lowest BCUT2D eigenvalue weighted by Crippen LogP contribution is -2.32. The Balaban J connectivity index is 2.80. The summed E-state index contributed by atoms with van der Waals surface area (Å²) in [5, 5.41) is 9.43. The predicted molar refractivity (Wildman–Crippen MR) is 53.7 cm³/mol. The highest BCUT2D eigenvalue weighted by molar-refractivity contribution is 5.88. The number of Topliss-reactive ketones (excluding diaryl/α,β-unsaturated/α-hetero) is 1. The standard InChI is InChI=1S/C10H14N2O2/c1-10(2,14)8(13)6-7-4-3-5-12-9(7)11/h3-5,14H,6H2,1-2H3,(H2,11,12). The van der Waals surface area contributed by atoms with Gasteiger partial charge in [0.05, 0.1) is 0 Å². The number of hydrogen-bond donors (Lipinski definition) is 2. The van der Waals surface area contributed by atoms with Crippen LogP contribution in [0.3, 0.4) is 0 Å². The van der Waals surface area contributed by atoms with Crippen LogP contribution in [0.2, 0.25) is 0 Å². The van der Waals surface area contributed by atoms with Crippen molar-refractivity contribution in [2.75, 3.05) is 5.73 Å². The summed E-state index contributed by atoms with van der Waals surface area (Å²) in [6.07, 6.45) is 1.68. The van der Waals surface area contributed by atoms with Crippen LogP contribution in [0.25, 0.3) is 0 Å². The predicted octanol–water partition coefficient (Wildman–Crippen LogP) is 0.546. The normalized spacial score (nSPS) is 11.4. The second-order valence-corrected chi connectivity index (χ2v) is 3.71. The molecule has 0 saturated carbocycles. The number of nitrogens with zero attached hydrogens (tertiary/aromatic N) is 1. The van der Waals surface area contributed by atoms with Crippen LogP contribution in [0.5, 0.6) is 0 Å². The molecule has 0 aliphatic carbocycles. The topological polar surface area (TPSA) is 76.2 Å². The van der Waals surface area contributed by atoms with Crippen LogP contribution in [0.15, 0.2) is 18.3 Å². The highest BCUT2D eigenvalue weighted by atomic mass is 16.3. The highest BCUT2D eigenvalue weighted by Crippen LogP contribution is 2.12. The number of carbonyl (C=O) groups excluding carboxylic acids is 1. The number of anilines is 1. The summed E-state index contributed by atoms with van der Waals surface area (Å²) in [5.74, 6) is 0.0716. The molecule has 0 unspecified atom stereocenters. The van der Waals surface area contributed by atoms with Gasteiger partial charge in [0, 0.05) is 18.2 Å². The Morgan fingerprint density at radius 1 is 1.64 bits per heavy atom. The number of pyridine rings is 1. The monoisotopic (exact) mass is 194 g/mol. The van der Waals surface area contributed by atoms with Gasteiger partial charge in [-0.25, -0.2) is 4.98 Å². The number of aliphatic hydroxyl groups is 1. The van der Waals surface area contributed by atoms with Gasteiger partial charge in [0.25, 0.3) is 0 Å². The average molecular weight is 194 g/mol. The third-order valence-electron chi connectivity index (χ3n) is 1.96. The van der Waals surface area contributed by atoms with E-state index < -0.39 is 5.60 Å². The quantitative estimate of drug-likeness (QED) is 0.736. The zero-order valence-electron chi connectivity index (χ0n) is 8.32. The summed E-state index contributed by atoms with van der Waals surface area (Å²) in [6, 6.07) is 3.44. The van der Waals surface area contributed by atoms with Gasteiger partial charge in [-0.15, -0.1) is 0 Å². The van der Waals surface area contributed by atoms with E-state index in [9.17, 15) is 9.90 Å². The summed E-state index contributed by atoms with van der Waals surface area (Å²) in [6.45, 7) is 2.92. The molecular formula is C10H14N2O2. The van der Waals surface area contributed by atoms with Gasteiger partial charge >= 0.3 is 0 Å². The lowest BCUT2D eigenvalue weighted by Gasteiger charge is -2.15. The smallest absolute Gasteiger partial charge is 0.168 e. The number of nitrogens with two attached hydrogens (primary N) is 1. The van der Waals surface area contributed by atoms with Crippen LogP contribution < -0.4 is 5.73 Å². The Labute approximate surface area is 82.8 Å². The van der Waals surface area contributed by atoms with Crippen molar-refractivity contribution in [3.63, 3.8) is 0 Å². The summed E-state index contributed by atoms with van der Waals surface area (Å²) in [5.41, 5.74) is 4.90. The average Bonchev–Trinajstić information content (AvgIpc) is 2.07. The van der Waals surface area contributed by atoms with Crippen LogP contribution in [0, 0.1) is 0 Å². The molecule has 0 radical (unpaired) electrons. The molecule has 0 spiro atoms. The number of ketones is 1. The Morgan fingerprint density at radius 2 is 2.29 bits per heavy atom. The summed E-state index contributed by atoms with van der Waals surface area (Å²) in [4.78, 5) is 15.3. The third-order valence-corrected chi connectivity index (χ3v) is 1.96. The van der Waals surface area contributed by atoms with E-state index in [4.69, 9.17) is 5.73 Å². The van der Waals surface area contributed by atoms with E-state index in [0.29, 0.717) is 11.4 Å². The molecule has 0 aliphatic heterocycles. The van der Waals surface area contributed by atoms with Crippen LogP contribution in [-0.4, -0.2) is 21.5 Å². The first kappa shape index (κ1) is 10.7. The fourth-order valence-electron chi connectivity index (χ4n) is 0.990. The molecule has 4 heteroatoms. The SMILES string of the molecule is CC(C)(O)C(=O)Cc1cccnc1N. The Morgan fingerprint density at radius 3 is 2.79 bits per heavy atom. The lowest BCUT2D eigenvalue weighted by molar-refractivity contribution is -0.133. The first-order valence-electron chi connectivity index (χ1n) is 4.36. The molecule has 14 heavy (non-hydrogen) atoms. The van der Waals surface area contributed by atoms with Crippen molar-refractivity contribution in [2.24, 2.45) is 0 Å². The van der Waals surface area contributed by atoms with Gasteiger partial charge in [-0.3, -0.25) is 4.79 Å². The van der Waals surface area contributed by atoms with E-state index in [1.54, 1.807) is 18.3 Å². The molecule has 0 bridgehead atoms. The second-order valence-electron chi connectivity index (χ2n) is 3.71. The Hall–Kier alpha value is -1.42. The number of rotatable bonds is 3. The molecule has 0 fully saturated rings. The van der Waals surface area contributed by atoms with Gasteiger partial charge in [0.1, 0.15) is 11.4 Å². The second kappa shape index (κ2) is 3.75. The fraction of sp³-hybridized carbons (Fsp3) is 0.400. The number of carbonyl (C=O) groups is 1. The van der Waals surface area contributed by atoms with E-state index in [0.717, 1.165) is 0 Å². The minimum absolute atomic E-state index is 0.114. The summed E-state index contributed by atoms with van der Waals surface area (Å²) < 4.78 is 0. The molecule has 1 heterocycles. The van der Waals surface area contributed by atoms with E-state index in [2.05, 4.69) is 4.98 Å². The van der Waals surface area contributed by atoms with Crippen LogP contribution in [-0.2, 0) is 11.2 Å². The maximum Gasteiger partial charge on any atom is 0.168 e. The van der Waals surface area contributed by atoms with Crippen molar-refractivity contribution in [3.05, 3.63) is 23.9 Å². The minimum atomic E-state index is -1.32. The molecule has 0 aliphatic rings. The maximum atomic E-state index is 11.5. The van der Waals surface area contributed by atoms with Crippen molar-refractivity contribution in [1.29, 1.82) is 0 Å². The van der Waals surface area contributed by atoms with Crippen LogP contribution in [0.1, 0.15) is 19.4 Å². The van der Waals surface area contributed by atoms with Crippen molar-refractivity contribution in [3.8, 4) is 0 Å². The minimum Gasteiger partial charge on any atom is -0.383 e. The highest BCUT2D eigenvalue weighted by Gasteiger charge is 2.24. The number of hydrogen-bond acceptors (Lipinski definition) is 4. The van der Waals surface area contributed by atoms with E-state index >= 15 is 0 Å². The molecule has 0 saturated heterocycles. The summed E-state index contributed by atoms with van der Waals surface area (Å²) in [7, 11) is 0. The van der Waals surface area contributed by atoms with Crippen molar-refractivity contribution in [2.45, 2.75) is 25.9 Å². The van der Waals surface area contributed by atoms with Gasteiger partial charge in [-0.1, -0.05) is 6.07 Å². The van der Waals surface area contributed by atoms with Gasteiger partial charge < -0.3 is 10.8 Å². The first-order valence-corrected chi connectivity index (χ1v) is 4.36. The summed E-state index contributed by atoms with van der Waals surface area (Å²) >= 11 is 0.